The van der Waals surface area contributed by atoms with Crippen LogP contribution in [0.5, 0.6) is 5.75 Å². The van der Waals surface area contributed by atoms with E-state index in [0.29, 0.717) is 13.1 Å². The molecular weight excluding hydrogens is 434 g/mol. The molecule has 0 atom stereocenters. The van der Waals surface area contributed by atoms with E-state index in [-0.39, 0.29) is 32.8 Å². The van der Waals surface area contributed by atoms with Crippen molar-refractivity contribution in [2.24, 2.45) is 0 Å². The molecule has 10 heteroatoms. The van der Waals surface area contributed by atoms with E-state index in [1.807, 2.05) is 0 Å². The Balaban J connectivity index is 1.63. The number of nitrogens with zero attached hydrogens (tertiary/aromatic N) is 3. The number of pyridine rings is 1. The number of rotatable bonds is 5. The molecule has 166 valence electrons. The first-order valence-electron chi connectivity index (χ1n) is 10.2. The molecule has 0 saturated carbocycles. The van der Waals surface area contributed by atoms with Gasteiger partial charge in [0.2, 0.25) is 10.0 Å². The highest BCUT2D eigenvalue weighted by Crippen LogP contribution is 2.32. The van der Waals surface area contributed by atoms with Gasteiger partial charge in [0.1, 0.15) is 5.52 Å². The lowest BCUT2D eigenvalue weighted by atomic mass is 10.1. The van der Waals surface area contributed by atoms with E-state index < -0.39 is 20.9 Å². The Bertz CT molecular complexity index is 1280. The minimum absolute atomic E-state index is 0.0283. The van der Waals surface area contributed by atoms with Crippen molar-refractivity contribution in [3.63, 3.8) is 0 Å². The summed E-state index contributed by atoms with van der Waals surface area (Å²) in [5.41, 5.74) is 0.0742. The summed E-state index contributed by atoms with van der Waals surface area (Å²) in [6, 6.07) is 11.3. The van der Waals surface area contributed by atoms with Crippen LogP contribution in [0.4, 0.5) is 5.69 Å². The van der Waals surface area contributed by atoms with E-state index >= 15 is 0 Å². The van der Waals surface area contributed by atoms with Crippen molar-refractivity contribution in [1.82, 2.24) is 9.29 Å². The summed E-state index contributed by atoms with van der Waals surface area (Å²) in [4.78, 5) is 27.7. The van der Waals surface area contributed by atoms with E-state index in [1.54, 1.807) is 6.07 Å². The van der Waals surface area contributed by atoms with E-state index in [4.69, 9.17) is 4.74 Å². The molecule has 9 nitrogen and oxygen atoms in total. The summed E-state index contributed by atoms with van der Waals surface area (Å²) in [7, 11) is -3.73. The van der Waals surface area contributed by atoms with Crippen molar-refractivity contribution in [2.45, 2.75) is 30.6 Å². The Labute approximate surface area is 184 Å². The smallest absolute Gasteiger partial charge is 0.343 e. The Morgan fingerprint density at radius 3 is 2.50 bits per heavy atom. The summed E-state index contributed by atoms with van der Waals surface area (Å²) < 4.78 is 33.0. The first-order chi connectivity index (χ1) is 15.4. The van der Waals surface area contributed by atoms with Crippen LogP contribution in [0.15, 0.2) is 59.6 Å². The highest BCUT2D eigenvalue weighted by atomic mass is 32.2. The molecule has 0 aliphatic carbocycles. The number of benzene rings is 2. The molecule has 4 rings (SSSR count). The van der Waals surface area contributed by atoms with Gasteiger partial charge in [-0.1, -0.05) is 18.9 Å². The fourth-order valence-electron chi connectivity index (χ4n) is 3.75. The third kappa shape index (κ3) is 4.32. The van der Waals surface area contributed by atoms with Crippen LogP contribution in [0.2, 0.25) is 0 Å². The van der Waals surface area contributed by atoms with Crippen LogP contribution in [-0.2, 0) is 10.0 Å². The maximum absolute atomic E-state index is 13.0. The fourth-order valence-corrected chi connectivity index (χ4v) is 5.31. The normalized spacial score (nSPS) is 15.2. The van der Waals surface area contributed by atoms with Crippen molar-refractivity contribution in [3.05, 3.63) is 70.4 Å². The molecule has 0 N–H and O–H groups in total. The number of aromatic nitrogens is 1. The number of ether oxygens (including phenoxy) is 1. The predicted octanol–water partition coefficient (Wildman–Crippen LogP) is 3.93. The number of hydrogen-bond donors (Lipinski definition) is 0. The number of esters is 1. The minimum Gasteiger partial charge on any atom is -0.421 e. The summed E-state index contributed by atoms with van der Waals surface area (Å²) in [6.07, 6.45) is 5.05. The van der Waals surface area contributed by atoms with E-state index in [2.05, 4.69) is 4.98 Å². The second-order valence-corrected chi connectivity index (χ2v) is 9.41. The van der Waals surface area contributed by atoms with Crippen LogP contribution in [0.3, 0.4) is 0 Å². The molecule has 3 aromatic rings. The molecule has 0 radical (unpaired) electrons. The molecule has 0 spiro atoms. The summed E-state index contributed by atoms with van der Waals surface area (Å²) in [5.74, 6) is -0.726. The third-order valence-corrected chi connectivity index (χ3v) is 7.28. The van der Waals surface area contributed by atoms with Crippen molar-refractivity contribution in [1.29, 1.82) is 0 Å². The topological polar surface area (TPSA) is 120 Å². The van der Waals surface area contributed by atoms with Crippen molar-refractivity contribution in [2.75, 3.05) is 13.1 Å². The second-order valence-electron chi connectivity index (χ2n) is 7.48. The number of hydrogen-bond acceptors (Lipinski definition) is 7. The van der Waals surface area contributed by atoms with Crippen LogP contribution in [0.25, 0.3) is 10.9 Å². The van der Waals surface area contributed by atoms with Crippen LogP contribution < -0.4 is 4.74 Å². The van der Waals surface area contributed by atoms with Crippen molar-refractivity contribution < 1.29 is 22.9 Å². The first kappa shape index (κ1) is 21.8. The van der Waals surface area contributed by atoms with Gasteiger partial charge in [-0.05, 0) is 49.2 Å². The maximum atomic E-state index is 13.0. The molecule has 2 aromatic carbocycles. The van der Waals surface area contributed by atoms with Crippen LogP contribution >= 0.6 is 0 Å². The number of carbonyl (C=O) groups excluding carboxylic acids is 1. The number of sulfonamides is 1. The van der Waals surface area contributed by atoms with Crippen LogP contribution in [0, 0.1) is 10.1 Å². The number of fused-ring (bicyclic) bond motifs is 1. The lowest BCUT2D eigenvalue weighted by Gasteiger charge is -2.20. The summed E-state index contributed by atoms with van der Waals surface area (Å²) in [5, 5.41) is 11.5. The molecular formula is C22H21N3O6S. The highest BCUT2D eigenvalue weighted by Gasteiger charge is 2.26. The molecule has 1 fully saturated rings. The molecule has 0 amide bonds. The zero-order chi connectivity index (χ0) is 22.7. The van der Waals surface area contributed by atoms with Crippen LogP contribution in [0.1, 0.15) is 36.0 Å². The lowest BCUT2D eigenvalue weighted by Crippen LogP contribution is -2.32. The highest BCUT2D eigenvalue weighted by molar-refractivity contribution is 7.89. The summed E-state index contributed by atoms with van der Waals surface area (Å²) in [6.45, 7) is 0.912. The Hall–Kier alpha value is -3.37. The second kappa shape index (κ2) is 9.01. The SMILES string of the molecule is O=C(Oc1ccc([N+](=O)[O-])c2cccnc12)c1cccc(S(=O)(=O)N2CCCCCC2)c1. The van der Waals surface area contributed by atoms with Crippen molar-refractivity contribution >= 4 is 32.6 Å². The average Bonchev–Trinajstić information content (AvgIpc) is 3.09. The number of carbonyl (C=O) groups is 1. The number of non-ortho nitro benzene ring substituents is 1. The Kier molecular flexibility index (Phi) is 6.15. The molecule has 0 bridgehead atoms. The maximum Gasteiger partial charge on any atom is 0.343 e. The first-order valence-corrected chi connectivity index (χ1v) is 11.7. The monoisotopic (exact) mass is 455 g/mol. The zero-order valence-corrected chi connectivity index (χ0v) is 18.0. The Morgan fingerprint density at radius 2 is 1.78 bits per heavy atom. The number of nitro groups is 1. The van der Waals surface area contributed by atoms with Gasteiger partial charge in [-0.3, -0.25) is 15.1 Å². The van der Waals surface area contributed by atoms with Gasteiger partial charge in [0.15, 0.2) is 5.75 Å². The van der Waals surface area contributed by atoms with Gasteiger partial charge in [0.05, 0.1) is 20.8 Å². The van der Waals surface area contributed by atoms with Gasteiger partial charge in [-0.2, -0.15) is 4.31 Å². The van der Waals surface area contributed by atoms with Crippen LogP contribution in [-0.4, -0.2) is 41.7 Å². The Morgan fingerprint density at radius 1 is 1.03 bits per heavy atom. The number of nitro benzene ring substituents is 1. The standard InChI is InChI=1S/C22H21N3O6S/c26-22(31-20-11-10-19(25(27)28)18-9-6-12-23-21(18)20)16-7-5-8-17(15-16)32(29,30)24-13-3-1-2-4-14-24/h5-12,15H,1-4,13-14H2. The molecule has 32 heavy (non-hydrogen) atoms. The molecule has 2 heterocycles. The fraction of sp³-hybridized carbons (Fsp3) is 0.273. The molecule has 1 saturated heterocycles. The average molecular weight is 455 g/mol. The predicted molar refractivity (Wildman–Crippen MR) is 117 cm³/mol. The summed E-state index contributed by atoms with van der Waals surface area (Å²) >= 11 is 0. The molecule has 1 aliphatic heterocycles. The van der Waals surface area contributed by atoms with E-state index in [1.165, 1.54) is 53.0 Å². The van der Waals surface area contributed by atoms with Gasteiger partial charge < -0.3 is 4.74 Å². The minimum atomic E-state index is -3.73. The lowest BCUT2D eigenvalue weighted by molar-refractivity contribution is -0.383. The van der Waals surface area contributed by atoms with Gasteiger partial charge in [-0.25, -0.2) is 13.2 Å². The zero-order valence-electron chi connectivity index (χ0n) is 17.1. The quantitative estimate of drug-likeness (QED) is 0.247. The third-order valence-electron chi connectivity index (χ3n) is 5.38. The van der Waals surface area contributed by atoms with Gasteiger partial charge >= 0.3 is 5.97 Å². The largest absolute Gasteiger partial charge is 0.421 e. The van der Waals surface area contributed by atoms with Gasteiger partial charge in [0.25, 0.3) is 5.69 Å². The van der Waals surface area contributed by atoms with Crippen molar-refractivity contribution in [3.8, 4) is 5.75 Å². The molecule has 1 aromatic heterocycles. The van der Waals surface area contributed by atoms with E-state index in [9.17, 15) is 23.3 Å². The van der Waals surface area contributed by atoms with E-state index in [0.717, 1.165) is 25.7 Å². The van der Waals surface area contributed by atoms with Gasteiger partial charge in [0, 0.05) is 25.4 Å². The molecule has 1 aliphatic rings. The van der Waals surface area contributed by atoms with Gasteiger partial charge in [-0.15, -0.1) is 0 Å². The molecule has 0 unspecified atom stereocenters.